The Morgan fingerprint density at radius 1 is 1.58 bits per heavy atom. The summed E-state index contributed by atoms with van der Waals surface area (Å²) >= 11 is 3.57. The molecule has 0 aromatic heterocycles. The van der Waals surface area contributed by atoms with E-state index < -0.39 is 0 Å². The molecule has 1 aliphatic heterocycles. The first-order valence-electron chi connectivity index (χ1n) is 6.54. The van der Waals surface area contributed by atoms with Crippen LogP contribution in [0.1, 0.15) is 18.4 Å². The third kappa shape index (κ3) is 3.28. The average molecular weight is 325 g/mol. The van der Waals surface area contributed by atoms with Crippen LogP contribution in [0.4, 0.5) is 5.69 Å². The Morgan fingerprint density at radius 2 is 2.32 bits per heavy atom. The third-order valence-electron chi connectivity index (χ3n) is 3.83. The molecule has 5 heteroatoms. The number of rotatable bonds is 4. The van der Waals surface area contributed by atoms with Gasteiger partial charge in [0.1, 0.15) is 5.84 Å². The predicted octanol–water partition coefficient (Wildman–Crippen LogP) is 2.26. The van der Waals surface area contributed by atoms with Gasteiger partial charge in [0.2, 0.25) is 0 Å². The Hall–Kier alpha value is -1.07. The number of nitrogen functional groups attached to an aromatic ring is 1. The zero-order chi connectivity index (χ0) is 14.0. The molecule has 1 saturated heterocycles. The van der Waals surface area contributed by atoms with Gasteiger partial charge >= 0.3 is 0 Å². The number of halogens is 1. The molecular weight excluding hydrogens is 304 g/mol. The van der Waals surface area contributed by atoms with Crippen molar-refractivity contribution in [3.8, 4) is 0 Å². The van der Waals surface area contributed by atoms with Crippen molar-refractivity contribution in [3.05, 3.63) is 28.2 Å². The maximum atomic E-state index is 7.45. The Bertz CT molecular complexity index is 475. The smallest absolute Gasteiger partial charge is 0.122 e. The Balaban J connectivity index is 2.10. The van der Waals surface area contributed by atoms with E-state index in [1.165, 1.54) is 19.4 Å². The molecule has 104 valence electrons. The van der Waals surface area contributed by atoms with Crippen LogP contribution in [0.2, 0.25) is 0 Å². The molecule has 1 atom stereocenters. The second kappa shape index (κ2) is 5.92. The second-order valence-corrected chi connectivity index (χ2v) is 6.09. The number of nitrogens with zero attached hydrogens (tertiary/aromatic N) is 2. The molecule has 1 aromatic carbocycles. The van der Waals surface area contributed by atoms with Crippen LogP contribution in [0.25, 0.3) is 0 Å². The molecule has 1 unspecified atom stereocenters. The second-order valence-electron chi connectivity index (χ2n) is 5.24. The van der Waals surface area contributed by atoms with Crippen LogP contribution in [0.3, 0.4) is 0 Å². The number of amidine groups is 1. The standard InChI is InChI=1S/C14H21BrN4/c1-18-7-3-4-11(18)9-19(2)13-6-5-10(14(16)17)8-12(13)15/h5-6,8,11H,3-4,7,9H2,1-2H3,(H3,16,17). The van der Waals surface area contributed by atoms with Crippen LogP contribution < -0.4 is 10.6 Å². The van der Waals surface area contributed by atoms with E-state index in [0.717, 1.165) is 22.3 Å². The van der Waals surface area contributed by atoms with Gasteiger partial charge in [-0.2, -0.15) is 0 Å². The van der Waals surface area contributed by atoms with Gasteiger partial charge in [-0.3, -0.25) is 5.41 Å². The molecule has 3 N–H and O–H groups in total. The highest BCUT2D eigenvalue weighted by Crippen LogP contribution is 2.28. The molecule has 2 rings (SSSR count). The van der Waals surface area contributed by atoms with Crippen LogP contribution in [-0.2, 0) is 0 Å². The first-order chi connectivity index (χ1) is 8.99. The predicted molar refractivity (Wildman–Crippen MR) is 84.1 cm³/mol. The summed E-state index contributed by atoms with van der Waals surface area (Å²) in [6, 6.07) is 6.46. The highest BCUT2D eigenvalue weighted by Gasteiger charge is 2.22. The first-order valence-corrected chi connectivity index (χ1v) is 7.33. The fraction of sp³-hybridized carbons (Fsp3) is 0.500. The summed E-state index contributed by atoms with van der Waals surface area (Å²) in [5.74, 6) is 0.102. The van der Waals surface area contributed by atoms with E-state index in [9.17, 15) is 0 Å². The first kappa shape index (κ1) is 14.3. The van der Waals surface area contributed by atoms with Crippen molar-refractivity contribution in [2.45, 2.75) is 18.9 Å². The lowest BCUT2D eigenvalue weighted by molar-refractivity contribution is 0.314. The normalized spacial score (nSPS) is 19.6. The van der Waals surface area contributed by atoms with E-state index in [0.29, 0.717) is 6.04 Å². The van der Waals surface area contributed by atoms with Gasteiger partial charge in [0.25, 0.3) is 0 Å². The molecule has 0 aliphatic carbocycles. The van der Waals surface area contributed by atoms with Crippen molar-refractivity contribution < 1.29 is 0 Å². The average Bonchev–Trinajstić information content (AvgIpc) is 2.74. The molecule has 0 bridgehead atoms. The molecule has 0 spiro atoms. The van der Waals surface area contributed by atoms with Gasteiger partial charge in [0.15, 0.2) is 0 Å². The van der Waals surface area contributed by atoms with Crippen LogP contribution in [0.15, 0.2) is 22.7 Å². The van der Waals surface area contributed by atoms with Crippen LogP contribution >= 0.6 is 15.9 Å². The number of likely N-dealkylation sites (N-methyl/N-ethyl adjacent to an activating group) is 2. The van der Waals surface area contributed by atoms with E-state index in [1.807, 2.05) is 18.2 Å². The molecule has 4 nitrogen and oxygen atoms in total. The van der Waals surface area contributed by atoms with Crippen molar-refractivity contribution >= 4 is 27.5 Å². The van der Waals surface area contributed by atoms with E-state index in [-0.39, 0.29) is 5.84 Å². The van der Waals surface area contributed by atoms with E-state index >= 15 is 0 Å². The molecule has 19 heavy (non-hydrogen) atoms. The fourth-order valence-corrected chi connectivity index (χ4v) is 3.29. The monoisotopic (exact) mass is 324 g/mol. The topological polar surface area (TPSA) is 56.4 Å². The quantitative estimate of drug-likeness (QED) is 0.659. The van der Waals surface area contributed by atoms with E-state index in [4.69, 9.17) is 11.1 Å². The SMILES string of the molecule is CN(CC1CCCN1C)c1ccc(C(=N)N)cc1Br. The molecule has 0 radical (unpaired) electrons. The van der Waals surface area contributed by atoms with Crippen LogP contribution in [0, 0.1) is 5.41 Å². The number of likely N-dealkylation sites (tertiary alicyclic amines) is 1. The number of nitrogens with two attached hydrogens (primary N) is 1. The van der Waals surface area contributed by atoms with Crippen molar-refractivity contribution in [1.29, 1.82) is 5.41 Å². The fourth-order valence-electron chi connectivity index (χ4n) is 2.61. The number of hydrogen-bond donors (Lipinski definition) is 2. The largest absolute Gasteiger partial charge is 0.384 e. The van der Waals surface area contributed by atoms with Gasteiger partial charge in [0, 0.05) is 29.7 Å². The van der Waals surface area contributed by atoms with Gasteiger partial charge in [-0.25, -0.2) is 0 Å². The van der Waals surface area contributed by atoms with Gasteiger partial charge in [-0.1, -0.05) is 0 Å². The van der Waals surface area contributed by atoms with Gasteiger partial charge in [-0.05, 0) is 60.6 Å². The highest BCUT2D eigenvalue weighted by molar-refractivity contribution is 9.10. The molecule has 1 aromatic rings. The molecule has 1 fully saturated rings. The minimum atomic E-state index is 0.102. The molecular formula is C14H21BrN4. The summed E-state index contributed by atoms with van der Waals surface area (Å²) in [5.41, 5.74) is 7.40. The van der Waals surface area contributed by atoms with Crippen molar-refractivity contribution in [3.63, 3.8) is 0 Å². The molecule has 0 saturated carbocycles. The van der Waals surface area contributed by atoms with Gasteiger partial charge < -0.3 is 15.5 Å². The number of hydrogen-bond acceptors (Lipinski definition) is 3. The summed E-state index contributed by atoms with van der Waals surface area (Å²) in [6.45, 7) is 2.22. The lowest BCUT2D eigenvalue weighted by Gasteiger charge is -2.28. The van der Waals surface area contributed by atoms with Crippen LogP contribution in [-0.4, -0.2) is 44.0 Å². The number of nitrogens with one attached hydrogen (secondary N) is 1. The maximum Gasteiger partial charge on any atom is 0.122 e. The zero-order valence-electron chi connectivity index (χ0n) is 11.5. The van der Waals surface area contributed by atoms with Crippen LogP contribution in [0.5, 0.6) is 0 Å². The van der Waals surface area contributed by atoms with E-state index in [1.54, 1.807) is 0 Å². The lowest BCUT2D eigenvalue weighted by atomic mass is 10.1. The Morgan fingerprint density at radius 3 is 2.84 bits per heavy atom. The third-order valence-corrected chi connectivity index (χ3v) is 4.46. The molecule has 1 aliphatic rings. The highest BCUT2D eigenvalue weighted by atomic mass is 79.9. The summed E-state index contributed by atoms with van der Waals surface area (Å²) in [6.07, 6.45) is 2.56. The molecule has 1 heterocycles. The van der Waals surface area contributed by atoms with E-state index in [2.05, 4.69) is 39.8 Å². The van der Waals surface area contributed by atoms with Crippen molar-refractivity contribution in [2.75, 3.05) is 32.1 Å². The number of anilines is 1. The Labute approximate surface area is 123 Å². The zero-order valence-corrected chi connectivity index (χ0v) is 13.1. The minimum Gasteiger partial charge on any atom is -0.384 e. The van der Waals surface area contributed by atoms with Gasteiger partial charge in [-0.15, -0.1) is 0 Å². The van der Waals surface area contributed by atoms with Crippen molar-refractivity contribution in [1.82, 2.24) is 4.90 Å². The Kier molecular flexibility index (Phi) is 4.47. The van der Waals surface area contributed by atoms with Crippen molar-refractivity contribution in [2.24, 2.45) is 5.73 Å². The van der Waals surface area contributed by atoms with Gasteiger partial charge in [0.05, 0.1) is 5.69 Å². The molecule has 0 amide bonds. The summed E-state index contributed by atoms with van der Waals surface area (Å²) in [5, 5.41) is 7.45. The maximum absolute atomic E-state index is 7.45. The summed E-state index contributed by atoms with van der Waals surface area (Å²) in [7, 11) is 4.30. The lowest BCUT2D eigenvalue weighted by Crippen LogP contribution is -2.36. The summed E-state index contributed by atoms with van der Waals surface area (Å²) in [4.78, 5) is 4.69. The number of benzene rings is 1. The summed E-state index contributed by atoms with van der Waals surface area (Å²) < 4.78 is 0.989. The minimum absolute atomic E-state index is 0.102.